The Morgan fingerprint density at radius 1 is 0.800 bits per heavy atom. The molecule has 0 aromatic heterocycles. The molecular weight excluding hydrogens is 385 g/mol. The third-order valence-corrected chi connectivity index (χ3v) is 4.42. The Balaban J connectivity index is 1.68. The summed E-state index contributed by atoms with van der Waals surface area (Å²) in [5, 5.41) is 2.68. The van der Waals surface area contributed by atoms with Crippen LogP contribution in [0.4, 0.5) is 4.39 Å². The number of amides is 1. The lowest BCUT2D eigenvalue weighted by Crippen LogP contribution is -2.43. The summed E-state index contributed by atoms with van der Waals surface area (Å²) >= 11 is 0. The van der Waals surface area contributed by atoms with E-state index >= 15 is 0 Å². The molecule has 0 saturated heterocycles. The average Bonchev–Trinajstić information content (AvgIpc) is 2.78. The Hall–Kier alpha value is -3.80. The number of rotatable bonds is 8. The van der Waals surface area contributed by atoms with Crippen molar-refractivity contribution in [3.05, 3.63) is 107 Å². The van der Waals surface area contributed by atoms with Crippen molar-refractivity contribution >= 4 is 17.7 Å². The molecule has 0 bridgehead atoms. The molecule has 3 aromatic carbocycles. The molecule has 1 atom stereocenters. The predicted octanol–water partition coefficient (Wildman–Crippen LogP) is 3.59. The van der Waals surface area contributed by atoms with Gasteiger partial charge in [-0.15, -0.1) is 0 Å². The summed E-state index contributed by atoms with van der Waals surface area (Å²) in [6.07, 6.45) is 0.211. The zero-order valence-corrected chi connectivity index (χ0v) is 16.1. The average molecular weight is 405 g/mol. The molecule has 1 N–H and O–H groups in total. The standard InChI is InChI=1S/C24H20FNO4/c25-20-13-11-18(12-14-20)22(27)16-30-24(29)21(15-17-7-3-1-4-8-17)26-23(28)19-9-5-2-6-10-19/h1-14,21H,15-16H2,(H,26,28)/t21-/m0/s1. The molecule has 6 heteroatoms. The first-order valence-electron chi connectivity index (χ1n) is 9.38. The van der Waals surface area contributed by atoms with Crippen molar-refractivity contribution in [1.82, 2.24) is 5.32 Å². The van der Waals surface area contributed by atoms with Gasteiger partial charge in [0, 0.05) is 17.5 Å². The van der Waals surface area contributed by atoms with Crippen LogP contribution in [0.1, 0.15) is 26.3 Å². The van der Waals surface area contributed by atoms with E-state index in [0.717, 1.165) is 17.7 Å². The summed E-state index contributed by atoms with van der Waals surface area (Å²) in [5.74, 6) is -2.07. The second kappa shape index (κ2) is 10.1. The number of halogens is 1. The molecule has 30 heavy (non-hydrogen) atoms. The van der Waals surface area contributed by atoms with Gasteiger partial charge in [-0.3, -0.25) is 9.59 Å². The fourth-order valence-electron chi connectivity index (χ4n) is 2.83. The molecule has 0 aliphatic heterocycles. The Morgan fingerprint density at radius 2 is 1.40 bits per heavy atom. The molecule has 0 saturated carbocycles. The molecule has 1 amide bonds. The number of hydrogen-bond acceptors (Lipinski definition) is 4. The summed E-state index contributed by atoms with van der Waals surface area (Å²) in [6, 6.07) is 21.7. The van der Waals surface area contributed by atoms with Crippen LogP contribution in [0.25, 0.3) is 0 Å². The highest BCUT2D eigenvalue weighted by atomic mass is 19.1. The third-order valence-electron chi connectivity index (χ3n) is 4.42. The second-order valence-electron chi connectivity index (χ2n) is 6.62. The number of carbonyl (C=O) groups is 3. The molecule has 0 aliphatic rings. The van der Waals surface area contributed by atoms with Crippen LogP contribution in [-0.2, 0) is 16.0 Å². The Kier molecular flexibility index (Phi) is 7.05. The molecule has 0 radical (unpaired) electrons. The summed E-state index contributed by atoms with van der Waals surface area (Å²) in [5.41, 5.74) is 1.47. The van der Waals surface area contributed by atoms with Crippen molar-refractivity contribution in [2.75, 3.05) is 6.61 Å². The SMILES string of the molecule is O=C(COC(=O)[C@H](Cc1ccccc1)NC(=O)c1ccccc1)c1ccc(F)cc1. The van der Waals surface area contributed by atoms with Gasteiger partial charge in [0.2, 0.25) is 0 Å². The lowest BCUT2D eigenvalue weighted by atomic mass is 10.1. The van der Waals surface area contributed by atoms with Crippen molar-refractivity contribution in [3.63, 3.8) is 0 Å². The molecular formula is C24H20FNO4. The Labute approximate surface area is 173 Å². The molecule has 0 unspecified atom stereocenters. The first-order valence-corrected chi connectivity index (χ1v) is 9.38. The Morgan fingerprint density at radius 3 is 2.03 bits per heavy atom. The molecule has 5 nitrogen and oxygen atoms in total. The zero-order valence-electron chi connectivity index (χ0n) is 16.1. The van der Waals surface area contributed by atoms with Crippen molar-refractivity contribution in [3.8, 4) is 0 Å². The molecule has 0 aliphatic carbocycles. The first-order chi connectivity index (χ1) is 14.5. The highest BCUT2D eigenvalue weighted by molar-refractivity contribution is 5.99. The summed E-state index contributed by atoms with van der Waals surface area (Å²) in [7, 11) is 0. The molecule has 3 aromatic rings. The number of esters is 1. The minimum Gasteiger partial charge on any atom is -0.456 e. The van der Waals surface area contributed by atoms with E-state index in [1.807, 2.05) is 30.3 Å². The molecule has 3 rings (SSSR count). The fourth-order valence-corrected chi connectivity index (χ4v) is 2.83. The topological polar surface area (TPSA) is 72.5 Å². The lowest BCUT2D eigenvalue weighted by Gasteiger charge is -2.18. The van der Waals surface area contributed by atoms with Gasteiger partial charge in [-0.2, -0.15) is 0 Å². The van der Waals surface area contributed by atoms with E-state index in [9.17, 15) is 18.8 Å². The molecule has 0 heterocycles. The van der Waals surface area contributed by atoms with Crippen LogP contribution in [-0.4, -0.2) is 30.3 Å². The van der Waals surface area contributed by atoms with Crippen LogP contribution in [0.2, 0.25) is 0 Å². The number of benzene rings is 3. The van der Waals surface area contributed by atoms with Gasteiger partial charge in [0.25, 0.3) is 5.91 Å². The van der Waals surface area contributed by atoms with E-state index < -0.39 is 36.1 Å². The summed E-state index contributed by atoms with van der Waals surface area (Å²) in [4.78, 5) is 37.4. The number of hydrogen-bond donors (Lipinski definition) is 1. The van der Waals surface area contributed by atoms with Gasteiger partial charge in [-0.1, -0.05) is 48.5 Å². The zero-order chi connectivity index (χ0) is 21.3. The maximum atomic E-state index is 13.0. The van der Waals surface area contributed by atoms with Crippen LogP contribution >= 0.6 is 0 Å². The largest absolute Gasteiger partial charge is 0.456 e. The van der Waals surface area contributed by atoms with Gasteiger partial charge in [0.05, 0.1) is 0 Å². The predicted molar refractivity (Wildman–Crippen MR) is 110 cm³/mol. The van der Waals surface area contributed by atoms with Crippen molar-refractivity contribution < 1.29 is 23.5 Å². The van der Waals surface area contributed by atoms with Gasteiger partial charge in [-0.05, 0) is 42.0 Å². The summed E-state index contributed by atoms with van der Waals surface area (Å²) < 4.78 is 18.2. The van der Waals surface area contributed by atoms with Crippen molar-refractivity contribution in [1.29, 1.82) is 0 Å². The van der Waals surface area contributed by atoms with E-state index in [0.29, 0.717) is 5.56 Å². The minimum absolute atomic E-state index is 0.211. The maximum absolute atomic E-state index is 13.0. The normalized spacial score (nSPS) is 11.4. The highest BCUT2D eigenvalue weighted by Gasteiger charge is 2.24. The van der Waals surface area contributed by atoms with Crippen LogP contribution in [0.3, 0.4) is 0 Å². The van der Waals surface area contributed by atoms with Gasteiger partial charge >= 0.3 is 5.97 Å². The molecule has 0 fully saturated rings. The number of Topliss-reactive ketones (excluding diaryl/α,β-unsaturated/α-hetero) is 1. The first kappa shape index (κ1) is 20.9. The van der Waals surface area contributed by atoms with E-state index in [-0.39, 0.29) is 12.0 Å². The lowest BCUT2D eigenvalue weighted by molar-refractivity contribution is -0.144. The van der Waals surface area contributed by atoms with Gasteiger partial charge < -0.3 is 10.1 Å². The van der Waals surface area contributed by atoms with Crippen LogP contribution < -0.4 is 5.32 Å². The number of ketones is 1. The number of nitrogens with one attached hydrogen (secondary N) is 1. The van der Waals surface area contributed by atoms with Crippen molar-refractivity contribution in [2.45, 2.75) is 12.5 Å². The van der Waals surface area contributed by atoms with E-state index in [2.05, 4.69) is 5.32 Å². The minimum atomic E-state index is -0.971. The monoisotopic (exact) mass is 405 g/mol. The number of carbonyl (C=O) groups excluding carboxylic acids is 3. The smallest absolute Gasteiger partial charge is 0.329 e. The van der Waals surface area contributed by atoms with Crippen LogP contribution in [0, 0.1) is 5.82 Å². The quantitative estimate of drug-likeness (QED) is 0.459. The second-order valence-corrected chi connectivity index (χ2v) is 6.62. The third kappa shape index (κ3) is 5.85. The van der Waals surface area contributed by atoms with Gasteiger partial charge in [0.1, 0.15) is 11.9 Å². The van der Waals surface area contributed by atoms with Gasteiger partial charge in [0.15, 0.2) is 12.4 Å². The highest BCUT2D eigenvalue weighted by Crippen LogP contribution is 2.08. The summed E-state index contributed by atoms with van der Waals surface area (Å²) in [6.45, 7) is -0.503. The Bertz CT molecular complexity index is 1000. The number of ether oxygens (including phenoxy) is 1. The fraction of sp³-hybridized carbons (Fsp3) is 0.125. The van der Waals surface area contributed by atoms with Crippen LogP contribution in [0.5, 0.6) is 0 Å². The van der Waals surface area contributed by atoms with Crippen molar-refractivity contribution in [2.24, 2.45) is 0 Å². The maximum Gasteiger partial charge on any atom is 0.329 e. The van der Waals surface area contributed by atoms with E-state index in [1.54, 1.807) is 30.3 Å². The van der Waals surface area contributed by atoms with E-state index in [1.165, 1.54) is 12.1 Å². The van der Waals surface area contributed by atoms with E-state index in [4.69, 9.17) is 4.74 Å². The molecule has 152 valence electrons. The van der Waals surface area contributed by atoms with Gasteiger partial charge in [-0.25, -0.2) is 9.18 Å². The molecule has 0 spiro atoms. The van der Waals surface area contributed by atoms with Crippen LogP contribution in [0.15, 0.2) is 84.9 Å².